The van der Waals surface area contributed by atoms with E-state index in [9.17, 15) is 13.2 Å². The minimum Gasteiger partial charge on any atom is -0.173 e. The molecule has 0 amide bonds. The monoisotopic (exact) mass is 204 g/mol. The number of hydrogen-bond donors (Lipinski definition) is 0. The summed E-state index contributed by atoms with van der Waals surface area (Å²) in [6.07, 6.45) is -4.31. The molecule has 2 nitrogen and oxygen atoms in total. The number of rotatable bonds is 0. The Bertz CT molecular complexity index is 434. The van der Waals surface area contributed by atoms with E-state index >= 15 is 0 Å². The Balaban J connectivity index is 2.61. The van der Waals surface area contributed by atoms with Gasteiger partial charge < -0.3 is 0 Å². The van der Waals surface area contributed by atoms with Gasteiger partial charge in [0.15, 0.2) is 0 Å². The van der Waals surface area contributed by atoms with Gasteiger partial charge in [0.25, 0.3) is 0 Å². The van der Waals surface area contributed by atoms with Crippen LogP contribution in [0.5, 0.6) is 0 Å². The lowest BCUT2D eigenvalue weighted by Gasteiger charge is -2.04. The number of nitrogens with zero attached hydrogens (tertiary/aromatic N) is 2. The molecule has 0 fully saturated rings. The predicted octanol–water partition coefficient (Wildman–Crippen LogP) is 2.71. The zero-order chi connectivity index (χ0) is 9.47. The van der Waals surface area contributed by atoms with Crippen LogP contribution in [0.15, 0.2) is 18.2 Å². The van der Waals surface area contributed by atoms with Crippen LogP contribution in [0, 0.1) is 0 Å². The van der Waals surface area contributed by atoms with Crippen molar-refractivity contribution in [3.63, 3.8) is 0 Å². The molecule has 0 aliphatic rings. The van der Waals surface area contributed by atoms with Crippen LogP contribution < -0.4 is 0 Å². The van der Waals surface area contributed by atoms with Crippen LogP contribution in [-0.4, -0.2) is 8.75 Å². The fraction of sp³-hybridized carbons (Fsp3) is 0.143. The summed E-state index contributed by atoms with van der Waals surface area (Å²) in [4.78, 5) is 0. The molecule has 0 saturated heterocycles. The first-order valence-corrected chi connectivity index (χ1v) is 4.10. The second-order valence-corrected chi connectivity index (χ2v) is 2.99. The van der Waals surface area contributed by atoms with Gasteiger partial charge in [0.2, 0.25) is 0 Å². The van der Waals surface area contributed by atoms with Crippen molar-refractivity contribution < 1.29 is 13.2 Å². The van der Waals surface area contributed by atoms with Gasteiger partial charge in [0.1, 0.15) is 11.0 Å². The van der Waals surface area contributed by atoms with Gasteiger partial charge in [-0.15, -0.1) is 0 Å². The van der Waals surface area contributed by atoms with Crippen LogP contribution in [0.25, 0.3) is 11.0 Å². The summed E-state index contributed by atoms with van der Waals surface area (Å²) in [6, 6.07) is 3.32. The van der Waals surface area contributed by atoms with Crippen LogP contribution in [0.4, 0.5) is 13.2 Å². The number of halogens is 3. The van der Waals surface area contributed by atoms with E-state index in [0.29, 0.717) is 11.0 Å². The normalized spacial score (nSPS) is 12.2. The average molecular weight is 204 g/mol. The smallest absolute Gasteiger partial charge is 0.173 e. The molecule has 0 saturated carbocycles. The van der Waals surface area contributed by atoms with E-state index in [-0.39, 0.29) is 0 Å². The van der Waals surface area contributed by atoms with Crippen molar-refractivity contribution in [1.29, 1.82) is 0 Å². The van der Waals surface area contributed by atoms with Gasteiger partial charge in [0, 0.05) is 0 Å². The van der Waals surface area contributed by atoms with E-state index in [4.69, 9.17) is 0 Å². The van der Waals surface area contributed by atoms with Crippen molar-refractivity contribution in [3.05, 3.63) is 23.8 Å². The van der Waals surface area contributed by atoms with Crippen molar-refractivity contribution in [3.8, 4) is 0 Å². The Morgan fingerprint density at radius 3 is 2.46 bits per heavy atom. The zero-order valence-corrected chi connectivity index (χ0v) is 6.99. The Morgan fingerprint density at radius 2 is 1.77 bits per heavy atom. The largest absolute Gasteiger partial charge is 0.416 e. The Labute approximate surface area is 75.3 Å². The molecule has 0 atom stereocenters. The minimum absolute atomic E-state index is 0.292. The van der Waals surface area contributed by atoms with Gasteiger partial charge in [-0.3, -0.25) is 0 Å². The molecule has 68 valence electrons. The van der Waals surface area contributed by atoms with E-state index in [1.54, 1.807) is 0 Å². The number of aromatic nitrogens is 2. The molecule has 0 unspecified atom stereocenters. The highest BCUT2D eigenvalue weighted by Crippen LogP contribution is 2.30. The van der Waals surface area contributed by atoms with E-state index < -0.39 is 11.7 Å². The van der Waals surface area contributed by atoms with Crippen molar-refractivity contribution in [2.45, 2.75) is 6.18 Å². The number of fused-ring (bicyclic) bond motifs is 1. The van der Waals surface area contributed by atoms with Crippen molar-refractivity contribution in [2.75, 3.05) is 0 Å². The molecule has 1 aromatic carbocycles. The van der Waals surface area contributed by atoms with E-state index in [1.165, 1.54) is 6.07 Å². The van der Waals surface area contributed by atoms with E-state index in [0.717, 1.165) is 23.9 Å². The highest BCUT2D eigenvalue weighted by Gasteiger charge is 2.30. The zero-order valence-electron chi connectivity index (χ0n) is 6.17. The maximum atomic E-state index is 12.2. The molecule has 0 bridgehead atoms. The Morgan fingerprint density at radius 1 is 1.08 bits per heavy atom. The fourth-order valence-electron chi connectivity index (χ4n) is 0.958. The van der Waals surface area contributed by atoms with Crippen molar-refractivity contribution in [1.82, 2.24) is 8.75 Å². The molecule has 0 aliphatic carbocycles. The van der Waals surface area contributed by atoms with Crippen molar-refractivity contribution >= 4 is 22.8 Å². The van der Waals surface area contributed by atoms with Crippen LogP contribution in [0.1, 0.15) is 5.56 Å². The summed E-state index contributed by atoms with van der Waals surface area (Å²) in [6.45, 7) is 0. The maximum Gasteiger partial charge on any atom is 0.416 e. The molecule has 13 heavy (non-hydrogen) atoms. The molecule has 2 aromatic rings. The third kappa shape index (κ3) is 1.49. The lowest BCUT2D eigenvalue weighted by atomic mass is 10.2. The maximum absolute atomic E-state index is 12.2. The lowest BCUT2D eigenvalue weighted by molar-refractivity contribution is -0.137. The van der Waals surface area contributed by atoms with Crippen LogP contribution in [-0.2, 0) is 6.18 Å². The van der Waals surface area contributed by atoms with Gasteiger partial charge in [-0.1, -0.05) is 0 Å². The summed E-state index contributed by atoms with van der Waals surface area (Å²) in [5.74, 6) is 0. The molecule has 0 radical (unpaired) electrons. The average Bonchev–Trinajstić information content (AvgIpc) is 2.47. The molecule has 2 rings (SSSR count). The fourth-order valence-corrected chi connectivity index (χ4v) is 1.48. The van der Waals surface area contributed by atoms with Crippen LogP contribution >= 0.6 is 11.7 Å². The summed E-state index contributed by atoms with van der Waals surface area (Å²) in [5.41, 5.74) is 0.102. The number of benzene rings is 1. The standard InChI is InChI=1S/C7H3F3N2S/c8-7(9,10)4-1-2-5-6(3-4)12-13-11-5/h1-3H. The predicted molar refractivity (Wildman–Crippen MR) is 42.4 cm³/mol. The number of alkyl halides is 3. The summed E-state index contributed by atoms with van der Waals surface area (Å²) < 4.78 is 44.1. The molecule has 0 aliphatic heterocycles. The van der Waals surface area contributed by atoms with Gasteiger partial charge in [-0.2, -0.15) is 21.9 Å². The summed E-state index contributed by atoms with van der Waals surface area (Å²) in [7, 11) is 0. The van der Waals surface area contributed by atoms with Gasteiger partial charge >= 0.3 is 6.18 Å². The minimum atomic E-state index is -4.31. The highest BCUT2D eigenvalue weighted by molar-refractivity contribution is 7.00. The third-order valence-electron chi connectivity index (χ3n) is 1.58. The van der Waals surface area contributed by atoms with Crippen LogP contribution in [0.2, 0.25) is 0 Å². The Hall–Kier alpha value is -1.17. The molecule has 0 N–H and O–H groups in total. The van der Waals surface area contributed by atoms with E-state index in [1.807, 2.05) is 0 Å². The molecule has 1 heterocycles. The third-order valence-corrected chi connectivity index (χ3v) is 2.14. The molecule has 6 heteroatoms. The van der Waals surface area contributed by atoms with Gasteiger partial charge in [-0.05, 0) is 18.2 Å². The quantitative estimate of drug-likeness (QED) is 0.659. The second-order valence-electron chi connectivity index (χ2n) is 2.47. The number of hydrogen-bond acceptors (Lipinski definition) is 3. The molecular weight excluding hydrogens is 201 g/mol. The van der Waals surface area contributed by atoms with Gasteiger partial charge in [-0.25, -0.2) is 0 Å². The first-order chi connectivity index (χ1) is 6.07. The van der Waals surface area contributed by atoms with Crippen molar-refractivity contribution in [2.24, 2.45) is 0 Å². The first-order valence-electron chi connectivity index (χ1n) is 3.37. The van der Waals surface area contributed by atoms with E-state index in [2.05, 4.69) is 8.75 Å². The molecular formula is C7H3F3N2S. The molecule has 0 spiro atoms. The molecule has 1 aromatic heterocycles. The lowest BCUT2D eigenvalue weighted by Crippen LogP contribution is -2.04. The highest BCUT2D eigenvalue weighted by atomic mass is 32.1. The Kier molecular flexibility index (Phi) is 1.73. The second kappa shape index (κ2) is 2.66. The topological polar surface area (TPSA) is 25.8 Å². The van der Waals surface area contributed by atoms with Gasteiger partial charge in [0.05, 0.1) is 17.3 Å². The summed E-state index contributed by atoms with van der Waals surface area (Å²) >= 11 is 0.905. The summed E-state index contributed by atoms with van der Waals surface area (Å²) in [5, 5.41) is 0. The first kappa shape index (κ1) is 8.43. The SMILES string of the molecule is FC(F)(F)c1ccc2nsnc2c1. The van der Waals surface area contributed by atoms with Crippen LogP contribution in [0.3, 0.4) is 0 Å².